The summed E-state index contributed by atoms with van der Waals surface area (Å²) in [6, 6.07) is 3.08. The number of esters is 1. The lowest BCUT2D eigenvalue weighted by molar-refractivity contribution is 0.0721. The molecule has 0 aromatic carbocycles. The fourth-order valence-corrected chi connectivity index (χ4v) is 0.824. The van der Waals surface area contributed by atoms with Gasteiger partial charge in [-0.05, 0) is 6.07 Å². The number of nitrogens with zero attached hydrogens (tertiary/aromatic N) is 2. The molecule has 2 aromatic rings. The van der Waals surface area contributed by atoms with Crippen molar-refractivity contribution in [2.24, 2.45) is 0 Å². The molecule has 6 nitrogen and oxygen atoms in total. The van der Waals surface area contributed by atoms with Crippen molar-refractivity contribution in [2.45, 2.75) is 0 Å². The third kappa shape index (κ3) is 1.56. The lowest BCUT2D eigenvalue weighted by Crippen LogP contribution is -2.09. The van der Waals surface area contributed by atoms with Gasteiger partial charge in [0.15, 0.2) is 0 Å². The SMILES string of the molecule is O=C(Oc1ccn[nH]1)c1ccn[nH]1. The number of rotatable bonds is 2. The van der Waals surface area contributed by atoms with E-state index in [0.29, 0.717) is 11.6 Å². The van der Waals surface area contributed by atoms with Gasteiger partial charge in [0.05, 0.1) is 6.20 Å². The third-order valence-electron chi connectivity index (χ3n) is 1.40. The fourth-order valence-electron chi connectivity index (χ4n) is 0.824. The summed E-state index contributed by atoms with van der Waals surface area (Å²) in [5, 5.41) is 12.2. The van der Waals surface area contributed by atoms with Gasteiger partial charge in [0.25, 0.3) is 0 Å². The summed E-state index contributed by atoms with van der Waals surface area (Å²) in [6.45, 7) is 0. The molecule has 0 aliphatic rings. The number of hydrogen-bond acceptors (Lipinski definition) is 4. The van der Waals surface area contributed by atoms with Crippen molar-refractivity contribution in [3.63, 3.8) is 0 Å². The van der Waals surface area contributed by atoms with E-state index in [-0.39, 0.29) is 0 Å². The summed E-state index contributed by atoms with van der Waals surface area (Å²) in [5.41, 5.74) is 0.301. The molecule has 2 N–H and O–H groups in total. The highest BCUT2D eigenvalue weighted by Crippen LogP contribution is 2.05. The number of aromatic amines is 2. The first-order valence-corrected chi connectivity index (χ1v) is 3.57. The van der Waals surface area contributed by atoms with E-state index in [2.05, 4.69) is 20.4 Å². The molecule has 0 spiro atoms. The predicted molar refractivity (Wildman–Crippen MR) is 42.1 cm³/mol. The number of hydrogen-bond donors (Lipinski definition) is 2. The van der Waals surface area contributed by atoms with Crippen LogP contribution in [0.2, 0.25) is 0 Å². The number of carbonyl (C=O) groups is 1. The minimum Gasteiger partial charge on any atom is -0.403 e. The largest absolute Gasteiger partial charge is 0.403 e. The van der Waals surface area contributed by atoms with Crippen molar-refractivity contribution in [3.05, 3.63) is 30.2 Å². The number of aromatic nitrogens is 4. The van der Waals surface area contributed by atoms with Gasteiger partial charge in [-0.2, -0.15) is 10.2 Å². The Kier molecular flexibility index (Phi) is 1.79. The Balaban J connectivity index is 2.08. The van der Waals surface area contributed by atoms with Crippen molar-refractivity contribution in [1.29, 1.82) is 0 Å². The summed E-state index contributed by atoms with van der Waals surface area (Å²) < 4.78 is 4.87. The van der Waals surface area contributed by atoms with Crippen molar-refractivity contribution < 1.29 is 9.53 Å². The molecule has 0 aliphatic heterocycles. The molecule has 13 heavy (non-hydrogen) atoms. The molecule has 0 saturated heterocycles. The molecule has 66 valence electrons. The summed E-state index contributed by atoms with van der Waals surface area (Å²) in [5.74, 6) is -0.193. The molecular weight excluding hydrogens is 172 g/mol. The Morgan fingerprint density at radius 2 is 2.00 bits per heavy atom. The second kappa shape index (κ2) is 3.10. The van der Waals surface area contributed by atoms with Gasteiger partial charge in [0, 0.05) is 12.3 Å². The topological polar surface area (TPSA) is 83.7 Å². The first-order chi connectivity index (χ1) is 6.36. The van der Waals surface area contributed by atoms with Crippen molar-refractivity contribution in [3.8, 4) is 5.88 Å². The molecule has 0 amide bonds. The van der Waals surface area contributed by atoms with Crippen LogP contribution in [0.25, 0.3) is 0 Å². The lowest BCUT2D eigenvalue weighted by atomic mass is 10.4. The summed E-state index contributed by atoms with van der Waals surface area (Å²) in [6.07, 6.45) is 2.97. The fraction of sp³-hybridized carbons (Fsp3) is 0. The van der Waals surface area contributed by atoms with Crippen LogP contribution in [0.15, 0.2) is 24.5 Å². The van der Waals surface area contributed by atoms with E-state index in [1.165, 1.54) is 18.5 Å². The Morgan fingerprint density at radius 1 is 1.23 bits per heavy atom. The highest BCUT2D eigenvalue weighted by Gasteiger charge is 2.09. The van der Waals surface area contributed by atoms with Crippen molar-refractivity contribution in [1.82, 2.24) is 20.4 Å². The van der Waals surface area contributed by atoms with E-state index in [1.54, 1.807) is 6.07 Å². The average molecular weight is 178 g/mol. The van der Waals surface area contributed by atoms with Crippen LogP contribution >= 0.6 is 0 Å². The molecule has 0 fully saturated rings. The van der Waals surface area contributed by atoms with Gasteiger partial charge in [0.2, 0.25) is 5.88 Å². The van der Waals surface area contributed by atoms with Gasteiger partial charge in [-0.25, -0.2) is 9.89 Å². The number of carbonyl (C=O) groups excluding carboxylic acids is 1. The molecule has 0 aliphatic carbocycles. The van der Waals surface area contributed by atoms with E-state index in [1.807, 2.05) is 0 Å². The minimum absolute atomic E-state index is 0.301. The van der Waals surface area contributed by atoms with Crippen LogP contribution in [0.3, 0.4) is 0 Å². The molecule has 0 bridgehead atoms. The van der Waals surface area contributed by atoms with Crippen molar-refractivity contribution >= 4 is 5.97 Å². The van der Waals surface area contributed by atoms with Crippen LogP contribution in [-0.4, -0.2) is 26.4 Å². The van der Waals surface area contributed by atoms with E-state index in [9.17, 15) is 4.79 Å². The number of nitrogens with one attached hydrogen (secondary N) is 2. The van der Waals surface area contributed by atoms with Gasteiger partial charge in [-0.15, -0.1) is 0 Å². The highest BCUT2D eigenvalue weighted by molar-refractivity contribution is 5.88. The van der Waals surface area contributed by atoms with Gasteiger partial charge >= 0.3 is 5.97 Å². The van der Waals surface area contributed by atoms with Gasteiger partial charge in [-0.1, -0.05) is 0 Å². The zero-order valence-corrected chi connectivity index (χ0v) is 6.52. The van der Waals surface area contributed by atoms with Gasteiger partial charge < -0.3 is 4.74 Å². The number of H-pyrrole nitrogens is 2. The maximum absolute atomic E-state index is 11.2. The van der Waals surface area contributed by atoms with Gasteiger partial charge in [0.1, 0.15) is 5.69 Å². The minimum atomic E-state index is -0.498. The molecule has 0 radical (unpaired) electrons. The van der Waals surface area contributed by atoms with E-state index in [0.717, 1.165) is 0 Å². The Hall–Kier alpha value is -2.11. The predicted octanol–water partition coefficient (Wildman–Crippen LogP) is 0.352. The second-order valence-electron chi connectivity index (χ2n) is 2.28. The Morgan fingerprint density at radius 3 is 2.62 bits per heavy atom. The van der Waals surface area contributed by atoms with Crippen LogP contribution in [-0.2, 0) is 0 Å². The zero-order chi connectivity index (χ0) is 9.10. The van der Waals surface area contributed by atoms with E-state index >= 15 is 0 Å². The maximum Gasteiger partial charge on any atom is 0.363 e. The first-order valence-electron chi connectivity index (χ1n) is 3.57. The smallest absolute Gasteiger partial charge is 0.363 e. The van der Waals surface area contributed by atoms with Crippen LogP contribution in [0.4, 0.5) is 0 Å². The molecule has 2 rings (SSSR count). The number of ether oxygens (including phenoxy) is 1. The molecule has 2 aromatic heterocycles. The highest BCUT2D eigenvalue weighted by atomic mass is 16.5. The molecular formula is C7H6N4O2. The van der Waals surface area contributed by atoms with Gasteiger partial charge in [-0.3, -0.25) is 5.10 Å². The van der Waals surface area contributed by atoms with Crippen LogP contribution in [0.1, 0.15) is 10.5 Å². The summed E-state index contributed by atoms with van der Waals surface area (Å²) >= 11 is 0. The van der Waals surface area contributed by atoms with Crippen LogP contribution < -0.4 is 4.74 Å². The quantitative estimate of drug-likeness (QED) is 0.650. The normalized spacial score (nSPS) is 9.85. The molecule has 0 atom stereocenters. The first kappa shape index (κ1) is 7.53. The molecule has 0 saturated carbocycles. The molecule has 2 heterocycles. The van der Waals surface area contributed by atoms with Crippen molar-refractivity contribution in [2.75, 3.05) is 0 Å². The Bertz CT molecular complexity index is 379. The second-order valence-corrected chi connectivity index (χ2v) is 2.28. The monoisotopic (exact) mass is 178 g/mol. The Labute approximate surface area is 72.9 Å². The van der Waals surface area contributed by atoms with E-state index < -0.39 is 5.97 Å². The standard InChI is InChI=1S/C7H6N4O2/c12-7(5-1-3-8-10-5)13-6-2-4-9-11-6/h1-4H,(H,8,10)(H,9,11). The summed E-state index contributed by atoms with van der Waals surface area (Å²) in [7, 11) is 0. The van der Waals surface area contributed by atoms with E-state index in [4.69, 9.17) is 4.74 Å². The lowest BCUT2D eigenvalue weighted by Gasteiger charge is -1.96. The molecule has 6 heteroatoms. The summed E-state index contributed by atoms with van der Waals surface area (Å²) in [4.78, 5) is 11.2. The molecule has 0 unspecified atom stereocenters. The van der Waals surface area contributed by atoms with Crippen LogP contribution in [0, 0.1) is 0 Å². The third-order valence-corrected chi connectivity index (χ3v) is 1.40. The zero-order valence-electron chi connectivity index (χ0n) is 6.52. The maximum atomic E-state index is 11.2. The average Bonchev–Trinajstić information content (AvgIpc) is 2.74. The van der Waals surface area contributed by atoms with Crippen LogP contribution in [0.5, 0.6) is 5.88 Å².